The van der Waals surface area contributed by atoms with Gasteiger partial charge in [-0.3, -0.25) is 4.79 Å². The number of aromatic nitrogens is 1. The Hall–Kier alpha value is -0.900. The molecule has 3 nitrogen and oxygen atoms in total. The highest BCUT2D eigenvalue weighted by Crippen LogP contribution is 2.33. The first-order valence-corrected chi connectivity index (χ1v) is 8.87. The topological polar surface area (TPSA) is 33.2 Å². The van der Waals surface area contributed by atoms with E-state index >= 15 is 0 Å². The third-order valence-electron chi connectivity index (χ3n) is 4.57. The second-order valence-electron chi connectivity index (χ2n) is 6.12. The zero-order valence-electron chi connectivity index (χ0n) is 12.4. The summed E-state index contributed by atoms with van der Waals surface area (Å²) in [6.07, 6.45) is 9.31. The molecule has 1 aromatic rings. The first-order chi connectivity index (χ1) is 9.78. The molecule has 0 N–H and O–H groups in total. The number of hydrogen-bond donors (Lipinski definition) is 0. The lowest BCUT2D eigenvalue weighted by Gasteiger charge is -2.19. The summed E-state index contributed by atoms with van der Waals surface area (Å²) in [5, 5.41) is 1.10. The van der Waals surface area contributed by atoms with Gasteiger partial charge in [0.1, 0.15) is 5.69 Å². The van der Waals surface area contributed by atoms with Crippen molar-refractivity contribution in [3.63, 3.8) is 0 Å². The summed E-state index contributed by atoms with van der Waals surface area (Å²) >= 11 is 1.76. The number of thiazole rings is 1. The maximum Gasteiger partial charge on any atom is 0.186 e. The zero-order chi connectivity index (χ0) is 13.9. The van der Waals surface area contributed by atoms with Crippen molar-refractivity contribution < 1.29 is 4.79 Å². The predicted octanol–water partition coefficient (Wildman–Crippen LogP) is 4.07. The summed E-state index contributed by atoms with van der Waals surface area (Å²) in [5.41, 5.74) is 0.783. The molecule has 2 aliphatic rings. The van der Waals surface area contributed by atoms with Crippen molar-refractivity contribution >= 4 is 22.3 Å². The SMILES string of the molecule is CCCC1CCCN(c2nc3c(s2)CCCC3=O)CC1. The van der Waals surface area contributed by atoms with E-state index in [1.54, 1.807) is 11.3 Å². The van der Waals surface area contributed by atoms with Gasteiger partial charge in [-0.05, 0) is 38.0 Å². The van der Waals surface area contributed by atoms with E-state index in [1.165, 1.54) is 37.0 Å². The minimum atomic E-state index is 0.257. The Kier molecular flexibility index (Phi) is 4.39. The maximum absolute atomic E-state index is 11.9. The molecule has 1 aliphatic heterocycles. The maximum atomic E-state index is 11.9. The summed E-state index contributed by atoms with van der Waals surface area (Å²) in [6, 6.07) is 0. The Morgan fingerprint density at radius 1 is 1.25 bits per heavy atom. The number of fused-ring (bicyclic) bond motifs is 1. The van der Waals surface area contributed by atoms with Crippen molar-refractivity contribution in [2.45, 2.75) is 58.3 Å². The lowest BCUT2D eigenvalue weighted by atomic mass is 9.96. The molecule has 4 heteroatoms. The van der Waals surface area contributed by atoms with Crippen LogP contribution in [0.4, 0.5) is 5.13 Å². The van der Waals surface area contributed by atoms with Gasteiger partial charge in [0.2, 0.25) is 0 Å². The number of carbonyl (C=O) groups excluding carboxylic acids is 1. The van der Waals surface area contributed by atoms with Gasteiger partial charge in [0, 0.05) is 24.4 Å². The fourth-order valence-electron chi connectivity index (χ4n) is 3.44. The number of rotatable bonds is 3. The van der Waals surface area contributed by atoms with Gasteiger partial charge in [0.15, 0.2) is 10.9 Å². The average Bonchev–Trinajstić information content (AvgIpc) is 2.74. The van der Waals surface area contributed by atoms with Crippen LogP contribution in [0.5, 0.6) is 0 Å². The molecule has 0 saturated carbocycles. The normalized spacial score (nSPS) is 23.6. The van der Waals surface area contributed by atoms with Crippen molar-refractivity contribution in [2.24, 2.45) is 5.92 Å². The highest BCUT2D eigenvalue weighted by molar-refractivity contribution is 7.16. The summed E-state index contributed by atoms with van der Waals surface area (Å²) in [5.74, 6) is 1.15. The smallest absolute Gasteiger partial charge is 0.186 e. The number of nitrogens with zero attached hydrogens (tertiary/aromatic N) is 2. The lowest BCUT2D eigenvalue weighted by molar-refractivity contribution is 0.0968. The summed E-state index contributed by atoms with van der Waals surface area (Å²) in [4.78, 5) is 20.2. The number of Topliss-reactive ketones (excluding diaryl/α,β-unsaturated/α-hetero) is 1. The van der Waals surface area contributed by atoms with E-state index in [0.717, 1.165) is 42.7 Å². The highest BCUT2D eigenvalue weighted by Gasteiger charge is 2.25. The summed E-state index contributed by atoms with van der Waals surface area (Å²) in [6.45, 7) is 4.51. The van der Waals surface area contributed by atoms with Crippen LogP contribution in [0.25, 0.3) is 0 Å². The number of ketones is 1. The Balaban J connectivity index is 1.71. The van der Waals surface area contributed by atoms with Gasteiger partial charge in [-0.15, -0.1) is 11.3 Å². The monoisotopic (exact) mass is 292 g/mol. The van der Waals surface area contributed by atoms with Gasteiger partial charge >= 0.3 is 0 Å². The van der Waals surface area contributed by atoms with Crippen LogP contribution >= 0.6 is 11.3 Å². The molecule has 1 fully saturated rings. The fourth-order valence-corrected chi connectivity index (χ4v) is 4.61. The van der Waals surface area contributed by atoms with Crippen molar-refractivity contribution in [2.75, 3.05) is 18.0 Å². The molecule has 1 unspecified atom stereocenters. The van der Waals surface area contributed by atoms with Crippen molar-refractivity contribution in [1.29, 1.82) is 0 Å². The van der Waals surface area contributed by atoms with Crippen molar-refractivity contribution in [3.8, 4) is 0 Å². The second-order valence-corrected chi connectivity index (χ2v) is 7.18. The highest BCUT2D eigenvalue weighted by atomic mass is 32.1. The molecule has 1 aliphatic carbocycles. The molecule has 0 radical (unpaired) electrons. The van der Waals surface area contributed by atoms with Crippen LogP contribution in [0.2, 0.25) is 0 Å². The van der Waals surface area contributed by atoms with E-state index in [-0.39, 0.29) is 5.78 Å². The Morgan fingerprint density at radius 3 is 2.95 bits per heavy atom. The van der Waals surface area contributed by atoms with Crippen LogP contribution in [0, 0.1) is 5.92 Å². The number of hydrogen-bond acceptors (Lipinski definition) is 4. The van der Waals surface area contributed by atoms with E-state index in [0.29, 0.717) is 6.42 Å². The molecule has 3 rings (SSSR count). The second kappa shape index (κ2) is 6.25. The van der Waals surface area contributed by atoms with Gasteiger partial charge in [-0.2, -0.15) is 0 Å². The Bertz CT molecular complexity index is 483. The van der Waals surface area contributed by atoms with Gasteiger partial charge < -0.3 is 4.90 Å². The predicted molar refractivity (Wildman–Crippen MR) is 83.8 cm³/mol. The van der Waals surface area contributed by atoms with E-state index in [1.807, 2.05) is 0 Å². The molecule has 110 valence electrons. The molecule has 20 heavy (non-hydrogen) atoms. The minimum Gasteiger partial charge on any atom is -0.348 e. The molecule has 0 bridgehead atoms. The van der Waals surface area contributed by atoms with E-state index in [2.05, 4.69) is 16.8 Å². The third kappa shape index (κ3) is 2.90. The van der Waals surface area contributed by atoms with Crippen LogP contribution in [-0.2, 0) is 6.42 Å². The summed E-state index contributed by atoms with van der Waals surface area (Å²) in [7, 11) is 0. The Labute approximate surface area is 125 Å². The largest absolute Gasteiger partial charge is 0.348 e. The molecule has 0 amide bonds. The molecule has 1 saturated heterocycles. The number of carbonyl (C=O) groups is 1. The standard InChI is InChI=1S/C16H24N2OS/c1-2-5-12-6-4-10-18(11-9-12)16-17-15-13(19)7-3-8-14(15)20-16/h12H,2-11H2,1H3. The molecule has 2 heterocycles. The quantitative estimate of drug-likeness (QED) is 0.842. The molecule has 0 spiro atoms. The first kappa shape index (κ1) is 14.1. The molecule has 1 aromatic heterocycles. The molecular formula is C16H24N2OS. The van der Waals surface area contributed by atoms with Gasteiger partial charge in [0.05, 0.1) is 0 Å². The van der Waals surface area contributed by atoms with Crippen molar-refractivity contribution in [3.05, 3.63) is 10.6 Å². The van der Waals surface area contributed by atoms with Crippen LogP contribution in [0.1, 0.15) is 67.2 Å². The van der Waals surface area contributed by atoms with Gasteiger partial charge in [-0.25, -0.2) is 4.98 Å². The van der Waals surface area contributed by atoms with Gasteiger partial charge in [-0.1, -0.05) is 19.8 Å². The third-order valence-corrected chi connectivity index (χ3v) is 5.75. The van der Waals surface area contributed by atoms with E-state index < -0.39 is 0 Å². The molecule has 1 atom stereocenters. The van der Waals surface area contributed by atoms with Crippen LogP contribution in [0.3, 0.4) is 0 Å². The molecular weight excluding hydrogens is 268 g/mol. The minimum absolute atomic E-state index is 0.257. The number of aryl methyl sites for hydroxylation is 1. The average molecular weight is 292 g/mol. The van der Waals surface area contributed by atoms with E-state index in [4.69, 9.17) is 0 Å². The number of anilines is 1. The first-order valence-electron chi connectivity index (χ1n) is 8.05. The lowest BCUT2D eigenvalue weighted by Crippen LogP contribution is -2.24. The zero-order valence-corrected chi connectivity index (χ0v) is 13.2. The van der Waals surface area contributed by atoms with Crippen LogP contribution in [0.15, 0.2) is 0 Å². The molecule has 0 aromatic carbocycles. The van der Waals surface area contributed by atoms with Crippen molar-refractivity contribution in [1.82, 2.24) is 4.98 Å². The summed E-state index contributed by atoms with van der Waals surface area (Å²) < 4.78 is 0. The van der Waals surface area contributed by atoms with Crippen LogP contribution < -0.4 is 4.90 Å². The van der Waals surface area contributed by atoms with E-state index in [9.17, 15) is 4.79 Å². The van der Waals surface area contributed by atoms with Crippen LogP contribution in [-0.4, -0.2) is 23.9 Å². The van der Waals surface area contributed by atoms with Gasteiger partial charge in [0.25, 0.3) is 0 Å². The fraction of sp³-hybridized carbons (Fsp3) is 0.750. The Morgan fingerprint density at radius 2 is 2.15 bits per heavy atom.